The summed E-state index contributed by atoms with van der Waals surface area (Å²) in [5.41, 5.74) is 8.31. The van der Waals surface area contributed by atoms with Gasteiger partial charge in [-0.15, -0.1) is 0 Å². The van der Waals surface area contributed by atoms with Crippen LogP contribution in [0, 0.1) is 11.8 Å². The second-order valence-corrected chi connectivity index (χ2v) is 3.45. The van der Waals surface area contributed by atoms with Crippen LogP contribution in [0.1, 0.15) is 27.2 Å². The summed E-state index contributed by atoms with van der Waals surface area (Å²) in [6.07, 6.45) is 5.28. The van der Waals surface area contributed by atoms with E-state index < -0.39 is 0 Å². The number of hydrogen-bond donors (Lipinski definition) is 1. The minimum Gasteiger partial charge on any atom is -0.402 e. The molecule has 1 aliphatic rings. The molecule has 62 valence electrons. The van der Waals surface area contributed by atoms with Gasteiger partial charge < -0.3 is 5.73 Å². The minimum absolute atomic E-state index is 0.645. The van der Waals surface area contributed by atoms with Crippen molar-refractivity contribution in [3.05, 3.63) is 23.4 Å². The first-order valence-corrected chi connectivity index (χ1v) is 4.28. The van der Waals surface area contributed by atoms with Gasteiger partial charge >= 0.3 is 0 Å². The van der Waals surface area contributed by atoms with Crippen LogP contribution in [-0.4, -0.2) is 0 Å². The Morgan fingerprint density at radius 1 is 1.45 bits per heavy atom. The summed E-state index contributed by atoms with van der Waals surface area (Å²) in [5.74, 6) is 1.37. The van der Waals surface area contributed by atoms with Gasteiger partial charge in [-0.2, -0.15) is 0 Å². The van der Waals surface area contributed by atoms with Gasteiger partial charge in [-0.3, -0.25) is 0 Å². The van der Waals surface area contributed by atoms with E-state index >= 15 is 0 Å². The molecule has 0 aromatic carbocycles. The third-order valence-corrected chi connectivity index (χ3v) is 2.60. The lowest BCUT2D eigenvalue weighted by Crippen LogP contribution is -2.01. The molecule has 1 unspecified atom stereocenters. The monoisotopic (exact) mass is 151 g/mol. The summed E-state index contributed by atoms with van der Waals surface area (Å²) in [4.78, 5) is 0. The number of allylic oxidation sites excluding steroid dienone is 4. The average molecular weight is 151 g/mol. The van der Waals surface area contributed by atoms with Gasteiger partial charge in [0.15, 0.2) is 0 Å². The molecule has 0 aliphatic heterocycles. The molecule has 0 fully saturated rings. The SMILES string of the molecule is C/C=C\C1=C(N)C[C@@H](C)C1C. The fourth-order valence-corrected chi connectivity index (χ4v) is 1.68. The van der Waals surface area contributed by atoms with E-state index in [-0.39, 0.29) is 0 Å². The highest BCUT2D eigenvalue weighted by Gasteiger charge is 2.24. The van der Waals surface area contributed by atoms with Gasteiger partial charge in [0, 0.05) is 5.70 Å². The van der Waals surface area contributed by atoms with Crippen LogP contribution < -0.4 is 5.73 Å². The second kappa shape index (κ2) is 3.12. The van der Waals surface area contributed by atoms with Gasteiger partial charge in [0.25, 0.3) is 0 Å². The van der Waals surface area contributed by atoms with Crippen LogP contribution in [0.25, 0.3) is 0 Å². The number of nitrogens with two attached hydrogens (primary N) is 1. The van der Waals surface area contributed by atoms with Crippen molar-refractivity contribution in [1.82, 2.24) is 0 Å². The normalized spacial score (nSPS) is 32.3. The van der Waals surface area contributed by atoms with Crippen LogP contribution in [0.5, 0.6) is 0 Å². The van der Waals surface area contributed by atoms with E-state index in [1.165, 1.54) is 5.57 Å². The van der Waals surface area contributed by atoms with E-state index in [1.807, 2.05) is 6.92 Å². The molecule has 0 bridgehead atoms. The smallest absolute Gasteiger partial charge is 0.0119 e. The van der Waals surface area contributed by atoms with Gasteiger partial charge in [-0.25, -0.2) is 0 Å². The van der Waals surface area contributed by atoms with E-state index in [2.05, 4.69) is 26.0 Å². The van der Waals surface area contributed by atoms with Crippen molar-refractivity contribution in [1.29, 1.82) is 0 Å². The first-order valence-electron chi connectivity index (χ1n) is 4.28. The minimum atomic E-state index is 0.645. The van der Waals surface area contributed by atoms with Crippen LogP contribution >= 0.6 is 0 Å². The fraction of sp³-hybridized carbons (Fsp3) is 0.600. The zero-order valence-corrected chi connectivity index (χ0v) is 7.59. The average Bonchev–Trinajstić information content (AvgIpc) is 2.17. The molecule has 1 rings (SSSR count). The molecule has 2 N–H and O–H groups in total. The Bertz CT molecular complexity index is 201. The van der Waals surface area contributed by atoms with Crippen LogP contribution in [0.4, 0.5) is 0 Å². The lowest BCUT2D eigenvalue weighted by Gasteiger charge is -2.10. The van der Waals surface area contributed by atoms with Gasteiger partial charge in [0.1, 0.15) is 0 Å². The second-order valence-electron chi connectivity index (χ2n) is 3.45. The van der Waals surface area contributed by atoms with E-state index in [0.29, 0.717) is 5.92 Å². The summed E-state index contributed by atoms with van der Waals surface area (Å²) in [6, 6.07) is 0. The first kappa shape index (κ1) is 8.38. The third kappa shape index (κ3) is 1.47. The number of rotatable bonds is 1. The van der Waals surface area contributed by atoms with Gasteiger partial charge in [-0.05, 0) is 30.8 Å². The summed E-state index contributed by atoms with van der Waals surface area (Å²) in [6.45, 7) is 6.55. The zero-order valence-electron chi connectivity index (χ0n) is 7.59. The Balaban J connectivity index is 2.82. The van der Waals surface area contributed by atoms with Crippen molar-refractivity contribution in [2.45, 2.75) is 27.2 Å². The standard InChI is InChI=1S/C10H17N/c1-4-5-9-8(3)7(2)6-10(9)11/h4-5,7-8H,6,11H2,1-3H3/b5-4-/t7-,8?/m1/s1. The first-order chi connectivity index (χ1) is 5.16. The van der Waals surface area contributed by atoms with Gasteiger partial charge in [-0.1, -0.05) is 26.0 Å². The van der Waals surface area contributed by atoms with Crippen molar-refractivity contribution in [3.8, 4) is 0 Å². The molecular weight excluding hydrogens is 134 g/mol. The molecule has 0 aromatic heterocycles. The fourth-order valence-electron chi connectivity index (χ4n) is 1.68. The predicted molar refractivity (Wildman–Crippen MR) is 49.0 cm³/mol. The van der Waals surface area contributed by atoms with Crippen molar-refractivity contribution in [2.24, 2.45) is 17.6 Å². The summed E-state index contributed by atoms with van der Waals surface area (Å²) in [7, 11) is 0. The molecule has 0 saturated carbocycles. The van der Waals surface area contributed by atoms with Crippen LogP contribution in [0.3, 0.4) is 0 Å². The maximum Gasteiger partial charge on any atom is 0.0119 e. The topological polar surface area (TPSA) is 26.0 Å². The van der Waals surface area contributed by atoms with E-state index in [4.69, 9.17) is 5.73 Å². The highest BCUT2D eigenvalue weighted by atomic mass is 14.6. The van der Waals surface area contributed by atoms with Crippen LogP contribution in [0.15, 0.2) is 23.4 Å². The molecule has 1 heteroatoms. The Kier molecular flexibility index (Phi) is 2.38. The molecule has 0 amide bonds. The summed E-state index contributed by atoms with van der Waals surface area (Å²) >= 11 is 0. The van der Waals surface area contributed by atoms with Crippen molar-refractivity contribution >= 4 is 0 Å². The molecule has 1 aliphatic carbocycles. The van der Waals surface area contributed by atoms with Crippen molar-refractivity contribution in [2.75, 3.05) is 0 Å². The van der Waals surface area contributed by atoms with E-state index in [9.17, 15) is 0 Å². The Morgan fingerprint density at radius 2 is 2.09 bits per heavy atom. The van der Waals surface area contributed by atoms with Gasteiger partial charge in [0.2, 0.25) is 0 Å². The molecule has 2 atom stereocenters. The Morgan fingerprint density at radius 3 is 2.45 bits per heavy atom. The lowest BCUT2D eigenvalue weighted by molar-refractivity contribution is 0.484. The highest BCUT2D eigenvalue weighted by molar-refractivity contribution is 5.31. The maximum atomic E-state index is 5.87. The largest absolute Gasteiger partial charge is 0.402 e. The van der Waals surface area contributed by atoms with E-state index in [1.54, 1.807) is 0 Å². The summed E-state index contributed by atoms with van der Waals surface area (Å²) in [5, 5.41) is 0. The molecular formula is C10H17N. The Hall–Kier alpha value is -0.720. The quantitative estimate of drug-likeness (QED) is 0.612. The maximum absolute atomic E-state index is 5.87. The lowest BCUT2D eigenvalue weighted by atomic mass is 9.95. The van der Waals surface area contributed by atoms with Crippen molar-refractivity contribution in [3.63, 3.8) is 0 Å². The molecule has 1 nitrogen and oxygen atoms in total. The Labute approximate surface area is 69.0 Å². The van der Waals surface area contributed by atoms with E-state index in [0.717, 1.165) is 18.0 Å². The summed E-state index contributed by atoms with van der Waals surface area (Å²) < 4.78 is 0. The molecule has 0 spiro atoms. The molecule has 0 saturated heterocycles. The van der Waals surface area contributed by atoms with Crippen LogP contribution in [0.2, 0.25) is 0 Å². The van der Waals surface area contributed by atoms with Crippen LogP contribution in [-0.2, 0) is 0 Å². The molecule has 0 radical (unpaired) electrons. The van der Waals surface area contributed by atoms with Gasteiger partial charge in [0.05, 0.1) is 0 Å². The molecule has 11 heavy (non-hydrogen) atoms. The highest BCUT2D eigenvalue weighted by Crippen LogP contribution is 2.34. The predicted octanol–water partition coefficient (Wildman–Crippen LogP) is 2.45. The molecule has 0 heterocycles. The van der Waals surface area contributed by atoms with Crippen molar-refractivity contribution < 1.29 is 0 Å². The molecule has 0 aromatic rings. The zero-order chi connectivity index (χ0) is 8.43. The number of hydrogen-bond acceptors (Lipinski definition) is 1. The third-order valence-electron chi connectivity index (χ3n) is 2.60.